The van der Waals surface area contributed by atoms with E-state index in [1.807, 2.05) is 12.1 Å². The summed E-state index contributed by atoms with van der Waals surface area (Å²) in [5.74, 6) is 2.98. The molecule has 4 nitrogen and oxygen atoms in total. The summed E-state index contributed by atoms with van der Waals surface area (Å²) in [6, 6.07) is 3.72. The first-order chi connectivity index (χ1) is 9.47. The Balaban J connectivity index is 2.98. The minimum absolute atomic E-state index is 0.00466. The standard InChI is InChI=1S/C15H24O4S/c1-15(2,6-7-16)20-10-12-13(18-4)8-11(17-3)9-14(12)19-5/h8-9,16H,6-7,10H2,1-5H3. The van der Waals surface area contributed by atoms with Crippen molar-refractivity contribution in [3.8, 4) is 17.2 Å². The monoisotopic (exact) mass is 300 g/mol. The smallest absolute Gasteiger partial charge is 0.130 e. The molecule has 5 heteroatoms. The largest absolute Gasteiger partial charge is 0.496 e. The predicted molar refractivity (Wildman–Crippen MR) is 83.2 cm³/mol. The van der Waals surface area contributed by atoms with Gasteiger partial charge in [-0.05, 0) is 6.42 Å². The third kappa shape index (κ3) is 4.49. The summed E-state index contributed by atoms with van der Waals surface area (Å²) in [6.07, 6.45) is 0.748. The van der Waals surface area contributed by atoms with Gasteiger partial charge in [0.1, 0.15) is 17.2 Å². The maximum Gasteiger partial charge on any atom is 0.130 e. The lowest BCUT2D eigenvalue weighted by Crippen LogP contribution is -2.17. The Morgan fingerprint density at radius 2 is 1.60 bits per heavy atom. The first kappa shape index (κ1) is 17.0. The van der Waals surface area contributed by atoms with Gasteiger partial charge in [-0.3, -0.25) is 0 Å². The van der Waals surface area contributed by atoms with Gasteiger partial charge in [0.15, 0.2) is 0 Å². The van der Waals surface area contributed by atoms with Gasteiger partial charge in [0.25, 0.3) is 0 Å². The van der Waals surface area contributed by atoms with E-state index in [0.717, 1.165) is 29.2 Å². The summed E-state index contributed by atoms with van der Waals surface area (Å²) in [7, 11) is 4.90. The van der Waals surface area contributed by atoms with Crippen LogP contribution in [0.1, 0.15) is 25.8 Å². The average Bonchev–Trinajstić information content (AvgIpc) is 2.44. The van der Waals surface area contributed by atoms with Crippen LogP contribution in [0.5, 0.6) is 17.2 Å². The molecule has 0 saturated heterocycles. The Hall–Kier alpha value is -1.07. The molecule has 0 aromatic heterocycles. The van der Waals surface area contributed by atoms with Crippen molar-refractivity contribution in [3.63, 3.8) is 0 Å². The molecule has 0 atom stereocenters. The molecule has 1 aromatic rings. The molecule has 0 aliphatic heterocycles. The maximum absolute atomic E-state index is 9.09. The second-order valence-electron chi connectivity index (χ2n) is 5.03. The zero-order valence-corrected chi connectivity index (χ0v) is 13.7. The lowest BCUT2D eigenvalue weighted by molar-refractivity contribution is 0.275. The fourth-order valence-corrected chi connectivity index (χ4v) is 2.88. The van der Waals surface area contributed by atoms with Crippen LogP contribution in [0.4, 0.5) is 0 Å². The Bertz CT molecular complexity index is 407. The summed E-state index contributed by atoms with van der Waals surface area (Å²) in [6.45, 7) is 4.43. The van der Waals surface area contributed by atoms with Crippen molar-refractivity contribution in [1.82, 2.24) is 0 Å². The van der Waals surface area contributed by atoms with E-state index in [-0.39, 0.29) is 11.4 Å². The molecule has 0 amide bonds. The molecule has 20 heavy (non-hydrogen) atoms. The van der Waals surface area contributed by atoms with E-state index >= 15 is 0 Å². The Labute approximate surface area is 125 Å². The van der Waals surface area contributed by atoms with Crippen molar-refractivity contribution in [3.05, 3.63) is 17.7 Å². The molecule has 1 aromatic carbocycles. The molecule has 0 fully saturated rings. The molecule has 0 unspecified atom stereocenters. The lowest BCUT2D eigenvalue weighted by Gasteiger charge is -2.24. The van der Waals surface area contributed by atoms with E-state index in [9.17, 15) is 0 Å². The summed E-state index contributed by atoms with van der Waals surface area (Å²) in [4.78, 5) is 0. The molecule has 0 radical (unpaired) electrons. The molecule has 0 aliphatic rings. The highest BCUT2D eigenvalue weighted by Crippen LogP contribution is 2.40. The first-order valence-electron chi connectivity index (χ1n) is 6.51. The number of hydrogen-bond donors (Lipinski definition) is 1. The fraction of sp³-hybridized carbons (Fsp3) is 0.600. The van der Waals surface area contributed by atoms with Crippen LogP contribution in [-0.2, 0) is 5.75 Å². The predicted octanol–water partition coefficient (Wildman–Crippen LogP) is 3.11. The van der Waals surface area contributed by atoms with Gasteiger partial charge in [0.05, 0.1) is 21.3 Å². The fourth-order valence-electron chi connectivity index (χ4n) is 1.83. The van der Waals surface area contributed by atoms with Crippen molar-refractivity contribution >= 4 is 11.8 Å². The Morgan fingerprint density at radius 3 is 2.00 bits per heavy atom. The van der Waals surface area contributed by atoms with Crippen LogP contribution in [0, 0.1) is 0 Å². The van der Waals surface area contributed by atoms with Gasteiger partial charge in [0.2, 0.25) is 0 Å². The second-order valence-corrected chi connectivity index (χ2v) is 6.71. The average molecular weight is 300 g/mol. The molecule has 0 heterocycles. The van der Waals surface area contributed by atoms with E-state index in [0.29, 0.717) is 5.75 Å². The summed E-state index contributed by atoms with van der Waals surface area (Å²) >= 11 is 1.77. The third-order valence-corrected chi connectivity index (χ3v) is 4.56. The van der Waals surface area contributed by atoms with Crippen LogP contribution in [0.3, 0.4) is 0 Å². The normalized spacial score (nSPS) is 11.3. The molecule has 1 N–H and O–H groups in total. The number of thioether (sulfide) groups is 1. The molecular weight excluding hydrogens is 276 g/mol. The minimum atomic E-state index is 0.00466. The molecule has 114 valence electrons. The number of rotatable bonds is 8. The van der Waals surface area contributed by atoms with Crippen LogP contribution < -0.4 is 14.2 Å². The zero-order chi connectivity index (χ0) is 15.2. The number of hydrogen-bond acceptors (Lipinski definition) is 5. The Kier molecular flexibility index (Phi) is 6.49. The van der Waals surface area contributed by atoms with E-state index in [2.05, 4.69) is 13.8 Å². The summed E-state index contributed by atoms with van der Waals surface area (Å²) in [5, 5.41) is 9.09. The van der Waals surface area contributed by atoms with E-state index < -0.39 is 0 Å². The van der Waals surface area contributed by atoms with Gasteiger partial charge in [-0.1, -0.05) is 13.8 Å². The molecule has 0 saturated carbocycles. The number of aliphatic hydroxyl groups excluding tert-OH is 1. The highest BCUT2D eigenvalue weighted by Gasteiger charge is 2.21. The number of benzene rings is 1. The van der Waals surface area contributed by atoms with E-state index in [1.165, 1.54) is 0 Å². The lowest BCUT2D eigenvalue weighted by atomic mass is 10.1. The highest BCUT2D eigenvalue weighted by molar-refractivity contribution is 7.99. The SMILES string of the molecule is COc1cc(OC)c(CSC(C)(C)CCO)c(OC)c1. The third-order valence-electron chi connectivity index (χ3n) is 3.14. The van der Waals surface area contributed by atoms with Crippen LogP contribution in [0.2, 0.25) is 0 Å². The molecule has 0 aliphatic carbocycles. The van der Waals surface area contributed by atoms with Crippen LogP contribution in [0.15, 0.2) is 12.1 Å². The van der Waals surface area contributed by atoms with Gasteiger partial charge in [-0.2, -0.15) is 11.8 Å². The number of ether oxygens (including phenoxy) is 3. The number of aliphatic hydroxyl groups is 1. The summed E-state index contributed by atoms with van der Waals surface area (Å²) < 4.78 is 16.1. The Morgan fingerprint density at radius 1 is 1.05 bits per heavy atom. The van der Waals surface area contributed by atoms with Crippen molar-refractivity contribution in [2.24, 2.45) is 0 Å². The van der Waals surface area contributed by atoms with Crippen LogP contribution >= 0.6 is 11.8 Å². The topological polar surface area (TPSA) is 47.9 Å². The van der Waals surface area contributed by atoms with Crippen molar-refractivity contribution in [2.45, 2.75) is 30.8 Å². The number of methoxy groups -OCH3 is 3. The minimum Gasteiger partial charge on any atom is -0.496 e. The molecular formula is C15H24O4S. The first-order valence-corrected chi connectivity index (χ1v) is 7.49. The second kappa shape index (κ2) is 7.64. The van der Waals surface area contributed by atoms with E-state index in [4.69, 9.17) is 19.3 Å². The van der Waals surface area contributed by atoms with Crippen LogP contribution in [-0.4, -0.2) is 37.8 Å². The van der Waals surface area contributed by atoms with Crippen molar-refractivity contribution < 1.29 is 19.3 Å². The molecule has 1 rings (SSSR count). The van der Waals surface area contributed by atoms with Gasteiger partial charge in [-0.25, -0.2) is 0 Å². The highest BCUT2D eigenvalue weighted by atomic mass is 32.2. The van der Waals surface area contributed by atoms with E-state index in [1.54, 1.807) is 33.1 Å². The quantitative estimate of drug-likeness (QED) is 0.799. The molecule has 0 spiro atoms. The van der Waals surface area contributed by atoms with Gasteiger partial charge >= 0.3 is 0 Å². The van der Waals surface area contributed by atoms with Crippen LogP contribution in [0.25, 0.3) is 0 Å². The zero-order valence-electron chi connectivity index (χ0n) is 12.9. The van der Waals surface area contributed by atoms with Gasteiger partial charge < -0.3 is 19.3 Å². The summed E-state index contributed by atoms with van der Waals surface area (Å²) in [5.41, 5.74) is 1.01. The van der Waals surface area contributed by atoms with Crippen molar-refractivity contribution in [1.29, 1.82) is 0 Å². The molecule has 0 bridgehead atoms. The van der Waals surface area contributed by atoms with Gasteiger partial charge in [0, 0.05) is 34.8 Å². The van der Waals surface area contributed by atoms with Gasteiger partial charge in [-0.15, -0.1) is 0 Å². The maximum atomic E-state index is 9.09. The van der Waals surface area contributed by atoms with Crippen molar-refractivity contribution in [2.75, 3.05) is 27.9 Å².